The van der Waals surface area contributed by atoms with Crippen molar-refractivity contribution in [1.29, 1.82) is 0 Å². The number of phenols is 1. The molecule has 1 aliphatic rings. The number of rotatable bonds is 2. The average Bonchev–Trinajstić information content (AvgIpc) is 2.35. The SMILES string of the molecule is Cc1ccc(O)c(C(=O)NC2CCCCC2Cl)c1. The first-order valence-corrected chi connectivity index (χ1v) is 6.76. The summed E-state index contributed by atoms with van der Waals surface area (Å²) in [4.78, 5) is 12.1. The van der Waals surface area contributed by atoms with Crippen molar-refractivity contribution < 1.29 is 9.90 Å². The third kappa shape index (κ3) is 2.96. The number of benzene rings is 1. The summed E-state index contributed by atoms with van der Waals surface area (Å²) >= 11 is 6.21. The molecule has 2 unspecified atom stereocenters. The van der Waals surface area contributed by atoms with Crippen molar-refractivity contribution in [3.8, 4) is 5.75 Å². The van der Waals surface area contributed by atoms with Crippen LogP contribution >= 0.6 is 11.6 Å². The first kappa shape index (κ1) is 13.2. The van der Waals surface area contributed by atoms with E-state index in [1.807, 2.05) is 6.92 Å². The smallest absolute Gasteiger partial charge is 0.255 e. The molecule has 4 heteroatoms. The zero-order valence-electron chi connectivity index (χ0n) is 10.4. The third-order valence-electron chi connectivity index (χ3n) is 3.39. The van der Waals surface area contributed by atoms with Gasteiger partial charge in [0.15, 0.2) is 0 Å². The van der Waals surface area contributed by atoms with Gasteiger partial charge >= 0.3 is 0 Å². The fourth-order valence-corrected chi connectivity index (χ4v) is 2.67. The highest BCUT2D eigenvalue weighted by Crippen LogP contribution is 2.24. The van der Waals surface area contributed by atoms with E-state index in [2.05, 4.69) is 5.32 Å². The molecule has 0 aromatic heterocycles. The van der Waals surface area contributed by atoms with E-state index in [1.165, 1.54) is 0 Å². The van der Waals surface area contributed by atoms with Crippen LogP contribution in [0.2, 0.25) is 0 Å². The lowest BCUT2D eigenvalue weighted by Crippen LogP contribution is -2.42. The van der Waals surface area contributed by atoms with Crippen molar-refractivity contribution in [2.45, 2.75) is 44.0 Å². The molecule has 98 valence electrons. The highest BCUT2D eigenvalue weighted by molar-refractivity contribution is 6.21. The summed E-state index contributed by atoms with van der Waals surface area (Å²) in [5.74, 6) is -0.228. The number of carbonyl (C=O) groups excluding carboxylic acids is 1. The quantitative estimate of drug-likeness (QED) is 0.810. The van der Waals surface area contributed by atoms with Crippen molar-refractivity contribution in [2.75, 3.05) is 0 Å². The number of carbonyl (C=O) groups is 1. The van der Waals surface area contributed by atoms with Crippen LogP contribution in [0.5, 0.6) is 5.75 Å². The molecule has 1 saturated carbocycles. The van der Waals surface area contributed by atoms with Gasteiger partial charge in [0, 0.05) is 6.04 Å². The van der Waals surface area contributed by atoms with Crippen LogP contribution in [0.25, 0.3) is 0 Å². The van der Waals surface area contributed by atoms with Gasteiger partial charge in [0.05, 0.1) is 10.9 Å². The predicted octanol–water partition coefficient (Wildman–Crippen LogP) is 2.98. The van der Waals surface area contributed by atoms with Gasteiger partial charge in [0.1, 0.15) is 5.75 Å². The Morgan fingerprint density at radius 3 is 2.83 bits per heavy atom. The third-order valence-corrected chi connectivity index (χ3v) is 3.92. The number of hydrogen-bond acceptors (Lipinski definition) is 2. The molecule has 0 aliphatic heterocycles. The van der Waals surface area contributed by atoms with Crippen molar-refractivity contribution in [2.24, 2.45) is 0 Å². The largest absolute Gasteiger partial charge is 0.507 e. The lowest BCUT2D eigenvalue weighted by atomic mass is 9.94. The molecule has 1 aromatic rings. The standard InChI is InChI=1S/C14H18ClNO2/c1-9-6-7-13(17)10(8-9)14(18)16-12-5-3-2-4-11(12)15/h6-8,11-12,17H,2-5H2,1H3,(H,16,18). The predicted molar refractivity (Wildman–Crippen MR) is 72.2 cm³/mol. The summed E-state index contributed by atoms with van der Waals surface area (Å²) in [6, 6.07) is 5.02. The Morgan fingerprint density at radius 1 is 1.39 bits per heavy atom. The van der Waals surface area contributed by atoms with Gasteiger partial charge < -0.3 is 10.4 Å². The summed E-state index contributed by atoms with van der Waals surface area (Å²) in [6.07, 6.45) is 4.06. The van der Waals surface area contributed by atoms with E-state index in [9.17, 15) is 9.90 Å². The topological polar surface area (TPSA) is 49.3 Å². The number of hydrogen-bond donors (Lipinski definition) is 2. The van der Waals surface area contributed by atoms with E-state index in [0.29, 0.717) is 5.56 Å². The Hall–Kier alpha value is -1.22. The number of nitrogens with one attached hydrogen (secondary N) is 1. The van der Waals surface area contributed by atoms with Crippen LogP contribution < -0.4 is 5.32 Å². The zero-order valence-corrected chi connectivity index (χ0v) is 11.2. The minimum Gasteiger partial charge on any atom is -0.507 e. The summed E-state index contributed by atoms with van der Waals surface area (Å²) in [6.45, 7) is 1.89. The molecule has 2 N–H and O–H groups in total. The molecule has 1 fully saturated rings. The van der Waals surface area contributed by atoms with Crippen LogP contribution in [0.15, 0.2) is 18.2 Å². The van der Waals surface area contributed by atoms with Crippen LogP contribution in [-0.2, 0) is 0 Å². The summed E-state index contributed by atoms with van der Waals surface area (Å²) < 4.78 is 0. The lowest BCUT2D eigenvalue weighted by Gasteiger charge is -2.27. The van der Waals surface area contributed by atoms with Crippen LogP contribution in [0, 0.1) is 6.92 Å². The molecule has 2 rings (SSSR count). The van der Waals surface area contributed by atoms with Crippen molar-refractivity contribution in [3.63, 3.8) is 0 Å². The minimum absolute atomic E-state index is 0.00495. The number of aryl methyl sites for hydroxylation is 1. The van der Waals surface area contributed by atoms with Crippen LogP contribution in [0.4, 0.5) is 0 Å². The first-order valence-electron chi connectivity index (χ1n) is 6.32. The van der Waals surface area contributed by atoms with Gasteiger partial charge in [-0.25, -0.2) is 0 Å². The number of halogens is 1. The van der Waals surface area contributed by atoms with Crippen LogP contribution in [-0.4, -0.2) is 22.4 Å². The fraction of sp³-hybridized carbons (Fsp3) is 0.500. The van der Waals surface area contributed by atoms with E-state index in [-0.39, 0.29) is 23.1 Å². The molecule has 0 spiro atoms. The normalized spacial score (nSPS) is 23.7. The van der Waals surface area contributed by atoms with Crippen molar-refractivity contribution >= 4 is 17.5 Å². The lowest BCUT2D eigenvalue weighted by molar-refractivity contribution is 0.0926. The molecule has 1 aromatic carbocycles. The highest BCUT2D eigenvalue weighted by atomic mass is 35.5. The Bertz CT molecular complexity index is 447. The van der Waals surface area contributed by atoms with E-state index in [0.717, 1.165) is 31.2 Å². The molecule has 0 heterocycles. The molecule has 0 saturated heterocycles. The summed E-state index contributed by atoms with van der Waals surface area (Å²) in [5.41, 5.74) is 1.27. The van der Waals surface area contributed by atoms with Gasteiger partial charge in [0.2, 0.25) is 0 Å². The van der Waals surface area contributed by atoms with Gasteiger partial charge in [-0.15, -0.1) is 11.6 Å². The average molecular weight is 268 g/mol. The molecule has 0 radical (unpaired) electrons. The molecule has 1 amide bonds. The Morgan fingerprint density at radius 2 is 2.11 bits per heavy atom. The van der Waals surface area contributed by atoms with Gasteiger partial charge in [-0.1, -0.05) is 24.5 Å². The van der Waals surface area contributed by atoms with Gasteiger partial charge in [0.25, 0.3) is 5.91 Å². The molecule has 3 nitrogen and oxygen atoms in total. The molecule has 18 heavy (non-hydrogen) atoms. The van der Waals surface area contributed by atoms with Crippen LogP contribution in [0.3, 0.4) is 0 Å². The molecular weight excluding hydrogens is 250 g/mol. The molecule has 1 aliphatic carbocycles. The van der Waals surface area contributed by atoms with E-state index < -0.39 is 0 Å². The monoisotopic (exact) mass is 267 g/mol. The molecule has 2 atom stereocenters. The number of amides is 1. The first-order chi connectivity index (χ1) is 8.58. The van der Waals surface area contributed by atoms with E-state index >= 15 is 0 Å². The van der Waals surface area contributed by atoms with E-state index in [4.69, 9.17) is 11.6 Å². The Balaban J connectivity index is 2.09. The fourth-order valence-electron chi connectivity index (χ4n) is 2.33. The summed E-state index contributed by atoms with van der Waals surface area (Å²) in [5, 5.41) is 12.6. The van der Waals surface area contributed by atoms with Gasteiger partial charge in [-0.2, -0.15) is 0 Å². The number of aromatic hydroxyl groups is 1. The van der Waals surface area contributed by atoms with E-state index in [1.54, 1.807) is 18.2 Å². The molecular formula is C14H18ClNO2. The van der Waals surface area contributed by atoms with Crippen molar-refractivity contribution in [3.05, 3.63) is 29.3 Å². The molecule has 0 bridgehead atoms. The number of phenolic OH excluding ortho intramolecular Hbond substituents is 1. The number of alkyl halides is 1. The van der Waals surface area contributed by atoms with Crippen molar-refractivity contribution in [1.82, 2.24) is 5.32 Å². The maximum absolute atomic E-state index is 12.1. The second kappa shape index (κ2) is 5.61. The Kier molecular flexibility index (Phi) is 4.12. The summed E-state index contributed by atoms with van der Waals surface area (Å²) in [7, 11) is 0. The van der Waals surface area contributed by atoms with Gasteiger partial charge in [-0.3, -0.25) is 4.79 Å². The second-order valence-electron chi connectivity index (χ2n) is 4.90. The maximum Gasteiger partial charge on any atom is 0.255 e. The van der Waals surface area contributed by atoms with Gasteiger partial charge in [-0.05, 0) is 31.9 Å². The zero-order chi connectivity index (χ0) is 13.1. The highest BCUT2D eigenvalue weighted by Gasteiger charge is 2.25. The second-order valence-corrected chi connectivity index (χ2v) is 5.46. The minimum atomic E-state index is -0.242. The maximum atomic E-state index is 12.1. The Labute approximate surface area is 112 Å². The van der Waals surface area contributed by atoms with Crippen LogP contribution in [0.1, 0.15) is 41.6 Å².